The first kappa shape index (κ1) is 21.7. The quantitative estimate of drug-likeness (QED) is 0.457. The van der Waals surface area contributed by atoms with E-state index in [1.807, 2.05) is 48.7 Å². The molecule has 4 rings (SSSR count). The van der Waals surface area contributed by atoms with Crippen LogP contribution in [-0.2, 0) is 17.8 Å². The highest BCUT2D eigenvalue weighted by Gasteiger charge is 2.13. The first-order valence-electron chi connectivity index (χ1n) is 10.2. The van der Waals surface area contributed by atoms with E-state index in [2.05, 4.69) is 46.7 Å². The zero-order valence-electron chi connectivity index (χ0n) is 17.3. The van der Waals surface area contributed by atoms with Crippen molar-refractivity contribution in [3.63, 3.8) is 0 Å². The van der Waals surface area contributed by atoms with Crippen LogP contribution in [0.1, 0.15) is 16.1 Å². The van der Waals surface area contributed by atoms with Gasteiger partial charge in [0.15, 0.2) is 0 Å². The highest BCUT2D eigenvalue weighted by atomic mass is 79.9. The molecule has 3 aromatic rings. The van der Waals surface area contributed by atoms with Crippen LogP contribution in [0.25, 0.3) is 0 Å². The maximum atomic E-state index is 12.2. The van der Waals surface area contributed by atoms with Crippen LogP contribution in [0.5, 0.6) is 0 Å². The average molecular weight is 501 g/mol. The Morgan fingerprint density at radius 1 is 1.19 bits per heavy atom. The number of nitrogens with zero attached hydrogens (tertiary/aromatic N) is 3. The second-order valence-electron chi connectivity index (χ2n) is 7.43. The number of aromatic nitrogens is 2. The number of benzene rings is 1. The molecule has 3 heterocycles. The average Bonchev–Trinajstić information content (AvgIpc) is 3.18. The van der Waals surface area contributed by atoms with E-state index in [0.717, 1.165) is 58.3 Å². The number of carbonyl (C=O) groups excluding carboxylic acids is 1. The summed E-state index contributed by atoms with van der Waals surface area (Å²) < 4.78 is 1.01. The van der Waals surface area contributed by atoms with Crippen LogP contribution in [0.4, 0.5) is 17.5 Å². The second-order valence-corrected chi connectivity index (χ2v) is 9.35. The number of piperazine rings is 1. The molecule has 1 saturated heterocycles. The Balaban J connectivity index is 1.32. The van der Waals surface area contributed by atoms with Gasteiger partial charge in [0.2, 0.25) is 11.9 Å². The summed E-state index contributed by atoms with van der Waals surface area (Å²) in [4.78, 5) is 24.7. The summed E-state index contributed by atoms with van der Waals surface area (Å²) in [5, 5.41) is 11.6. The number of nitrogens with one attached hydrogen (secondary N) is 3. The van der Waals surface area contributed by atoms with Gasteiger partial charge < -0.3 is 20.9 Å². The number of amides is 1. The molecule has 9 heteroatoms. The van der Waals surface area contributed by atoms with Gasteiger partial charge in [-0.05, 0) is 46.6 Å². The predicted octanol–water partition coefficient (Wildman–Crippen LogP) is 3.81. The monoisotopic (exact) mass is 500 g/mol. The molecule has 0 spiro atoms. The maximum Gasteiger partial charge on any atom is 0.229 e. The molecule has 0 aliphatic carbocycles. The van der Waals surface area contributed by atoms with Gasteiger partial charge in [0, 0.05) is 64.9 Å². The van der Waals surface area contributed by atoms with Crippen LogP contribution in [0, 0.1) is 6.92 Å². The van der Waals surface area contributed by atoms with Crippen molar-refractivity contribution < 1.29 is 4.79 Å². The number of thiophene rings is 1. The van der Waals surface area contributed by atoms with Crippen LogP contribution >= 0.6 is 27.3 Å². The van der Waals surface area contributed by atoms with Gasteiger partial charge in [0.25, 0.3) is 0 Å². The lowest BCUT2D eigenvalue weighted by molar-refractivity contribution is -0.115. The van der Waals surface area contributed by atoms with Gasteiger partial charge in [-0.1, -0.05) is 12.1 Å². The van der Waals surface area contributed by atoms with Crippen LogP contribution in [0.3, 0.4) is 0 Å². The predicted molar refractivity (Wildman–Crippen MR) is 130 cm³/mol. The molecule has 3 N–H and O–H groups in total. The Bertz CT molecular complexity index is 1030. The van der Waals surface area contributed by atoms with Gasteiger partial charge in [-0.2, -0.15) is 4.98 Å². The van der Waals surface area contributed by atoms with E-state index in [1.165, 1.54) is 0 Å². The molecule has 0 atom stereocenters. The second kappa shape index (κ2) is 10.2. The third-order valence-corrected chi connectivity index (χ3v) is 6.62. The van der Waals surface area contributed by atoms with E-state index in [1.54, 1.807) is 11.3 Å². The van der Waals surface area contributed by atoms with E-state index in [9.17, 15) is 4.79 Å². The fourth-order valence-corrected chi connectivity index (χ4v) is 4.83. The first-order chi connectivity index (χ1) is 15.0. The molecule has 0 saturated carbocycles. The molecule has 2 aromatic heterocycles. The summed E-state index contributed by atoms with van der Waals surface area (Å²) in [5.41, 5.74) is 2.83. The van der Waals surface area contributed by atoms with Gasteiger partial charge in [0.1, 0.15) is 5.82 Å². The van der Waals surface area contributed by atoms with Crippen molar-refractivity contribution in [2.24, 2.45) is 0 Å². The molecule has 162 valence electrons. The Morgan fingerprint density at radius 2 is 1.97 bits per heavy atom. The van der Waals surface area contributed by atoms with E-state index >= 15 is 0 Å². The molecule has 1 aliphatic rings. The summed E-state index contributed by atoms with van der Waals surface area (Å²) >= 11 is 4.99. The van der Waals surface area contributed by atoms with Crippen molar-refractivity contribution in [2.75, 3.05) is 41.7 Å². The fraction of sp³-hybridized carbons (Fsp3) is 0.318. The van der Waals surface area contributed by atoms with Crippen LogP contribution in [-0.4, -0.2) is 42.1 Å². The lowest BCUT2D eigenvalue weighted by atomic mass is 10.2. The molecule has 1 fully saturated rings. The number of hydrogen-bond acceptors (Lipinski definition) is 7. The Kier molecular flexibility index (Phi) is 7.16. The molecular weight excluding hydrogens is 476 g/mol. The number of aryl methyl sites for hydroxylation is 1. The minimum atomic E-state index is -0.0196. The molecule has 7 nitrogen and oxygen atoms in total. The molecule has 0 unspecified atom stereocenters. The van der Waals surface area contributed by atoms with E-state index in [-0.39, 0.29) is 5.91 Å². The lowest BCUT2D eigenvalue weighted by Gasteiger charge is -2.28. The zero-order valence-corrected chi connectivity index (χ0v) is 19.7. The van der Waals surface area contributed by atoms with Gasteiger partial charge in [0.05, 0.1) is 6.42 Å². The summed E-state index contributed by atoms with van der Waals surface area (Å²) in [6.07, 6.45) is 0.375. The van der Waals surface area contributed by atoms with Gasteiger partial charge >= 0.3 is 0 Å². The summed E-state index contributed by atoms with van der Waals surface area (Å²) in [7, 11) is 0. The minimum Gasteiger partial charge on any atom is -0.354 e. The number of halogens is 1. The number of hydrogen-bond donors (Lipinski definition) is 3. The maximum absolute atomic E-state index is 12.2. The van der Waals surface area contributed by atoms with Crippen LogP contribution in [0.2, 0.25) is 0 Å². The molecule has 0 radical (unpaired) electrons. The summed E-state index contributed by atoms with van der Waals surface area (Å²) in [6.45, 7) is 6.45. The van der Waals surface area contributed by atoms with Crippen molar-refractivity contribution in [2.45, 2.75) is 19.9 Å². The molecule has 0 bridgehead atoms. The number of anilines is 3. The smallest absolute Gasteiger partial charge is 0.229 e. The molecular formula is C22H25BrN6OS. The standard InChI is InChI=1S/C22H25BrN6OS/c1-15-10-20(29-8-6-24-7-9-29)28-22(26-15)25-13-16-2-4-18(5-3-16)27-21(30)12-19-11-17(23)14-31-19/h2-5,10-11,14,24H,6-9,12-13H2,1H3,(H,27,30)(H,25,26,28). The Morgan fingerprint density at radius 3 is 2.68 bits per heavy atom. The van der Waals surface area contributed by atoms with Crippen LogP contribution < -0.4 is 20.9 Å². The SMILES string of the molecule is Cc1cc(N2CCNCC2)nc(NCc2ccc(NC(=O)Cc3cc(Br)cs3)cc2)n1. The molecule has 1 aromatic carbocycles. The third kappa shape index (κ3) is 6.25. The van der Waals surface area contributed by atoms with E-state index in [4.69, 9.17) is 0 Å². The van der Waals surface area contributed by atoms with Crippen molar-refractivity contribution in [1.82, 2.24) is 15.3 Å². The van der Waals surface area contributed by atoms with Crippen molar-refractivity contribution in [1.29, 1.82) is 0 Å². The topological polar surface area (TPSA) is 82.2 Å². The Labute approximate surface area is 194 Å². The third-order valence-electron chi connectivity index (χ3n) is 4.93. The normalized spacial score (nSPS) is 13.8. The van der Waals surface area contributed by atoms with Crippen LogP contribution in [0.15, 0.2) is 46.3 Å². The molecule has 31 heavy (non-hydrogen) atoms. The number of rotatable bonds is 7. The minimum absolute atomic E-state index is 0.0196. The van der Waals surface area contributed by atoms with Gasteiger partial charge in [-0.3, -0.25) is 4.79 Å². The van der Waals surface area contributed by atoms with Gasteiger partial charge in [-0.25, -0.2) is 4.98 Å². The van der Waals surface area contributed by atoms with E-state index in [0.29, 0.717) is 18.9 Å². The first-order valence-corrected chi connectivity index (χ1v) is 11.9. The number of carbonyl (C=O) groups is 1. The largest absolute Gasteiger partial charge is 0.354 e. The van der Waals surface area contributed by atoms with Crippen molar-refractivity contribution >= 4 is 50.6 Å². The highest BCUT2D eigenvalue weighted by Crippen LogP contribution is 2.21. The highest BCUT2D eigenvalue weighted by molar-refractivity contribution is 9.10. The summed E-state index contributed by atoms with van der Waals surface area (Å²) in [6, 6.07) is 11.8. The molecule has 1 aliphatic heterocycles. The van der Waals surface area contributed by atoms with Crippen molar-refractivity contribution in [3.8, 4) is 0 Å². The lowest BCUT2D eigenvalue weighted by Crippen LogP contribution is -2.44. The fourth-order valence-electron chi connectivity index (χ4n) is 3.38. The Hall–Kier alpha value is -2.49. The zero-order chi connectivity index (χ0) is 21.6. The van der Waals surface area contributed by atoms with Gasteiger partial charge in [-0.15, -0.1) is 11.3 Å². The molecule has 1 amide bonds. The summed E-state index contributed by atoms with van der Waals surface area (Å²) in [5.74, 6) is 1.58. The van der Waals surface area contributed by atoms with E-state index < -0.39 is 0 Å². The van der Waals surface area contributed by atoms with Crippen molar-refractivity contribution in [3.05, 3.63) is 62.4 Å².